The van der Waals surface area contributed by atoms with Gasteiger partial charge < -0.3 is 12.2 Å². The first kappa shape index (κ1) is 8.49. The normalized spacial score (nSPS) is 22.1. The molecule has 48 valence electrons. The molecule has 1 N–H and O–H groups in total. The fourth-order valence-corrected chi connectivity index (χ4v) is 0.882. The Kier molecular flexibility index (Phi) is 4.65. The molecule has 1 saturated heterocycles. The number of rotatable bonds is 0. The molecule has 1 aliphatic rings. The summed E-state index contributed by atoms with van der Waals surface area (Å²) in [5, 5.41) is 3.28. The Morgan fingerprint density at radius 1 is 1.25 bits per heavy atom. The second-order valence-corrected chi connectivity index (χ2v) is 2.19. The van der Waals surface area contributed by atoms with E-state index in [1.807, 2.05) is 0 Å². The predicted octanol–water partition coefficient (Wildman–Crippen LogP) is 0.818. The van der Waals surface area contributed by atoms with E-state index in [0.29, 0.717) is 0 Å². The standard InChI is InChI=1S/C6H12N.Cr/c1-6-2-4-7-5-3-6;/h6-7H,1-5H2;/q-1;. The maximum Gasteiger partial charge on any atom is 0 e. The van der Waals surface area contributed by atoms with Gasteiger partial charge in [-0.3, -0.25) is 0 Å². The van der Waals surface area contributed by atoms with Crippen LogP contribution in [-0.4, -0.2) is 13.1 Å². The average molecular weight is 150 g/mol. The third-order valence-electron chi connectivity index (χ3n) is 1.46. The van der Waals surface area contributed by atoms with Crippen molar-refractivity contribution in [1.82, 2.24) is 5.32 Å². The van der Waals surface area contributed by atoms with Crippen molar-refractivity contribution in [2.75, 3.05) is 13.1 Å². The molecule has 0 saturated carbocycles. The number of hydrogen-bond acceptors (Lipinski definition) is 1. The van der Waals surface area contributed by atoms with Crippen molar-refractivity contribution in [1.29, 1.82) is 0 Å². The zero-order valence-corrected chi connectivity index (χ0v) is 6.30. The molecular weight excluding hydrogens is 138 g/mol. The van der Waals surface area contributed by atoms with Crippen LogP contribution in [0.2, 0.25) is 0 Å². The second kappa shape index (κ2) is 4.38. The summed E-state index contributed by atoms with van der Waals surface area (Å²) in [6, 6.07) is 0. The molecule has 0 aromatic rings. The van der Waals surface area contributed by atoms with Crippen molar-refractivity contribution in [3.63, 3.8) is 0 Å². The molecular formula is C6H12CrN-. The van der Waals surface area contributed by atoms with Crippen LogP contribution in [0, 0.1) is 12.8 Å². The topological polar surface area (TPSA) is 12.0 Å². The van der Waals surface area contributed by atoms with Crippen LogP contribution in [0.1, 0.15) is 12.8 Å². The minimum Gasteiger partial charge on any atom is -0.340 e. The monoisotopic (exact) mass is 150 g/mol. The quantitative estimate of drug-likeness (QED) is 0.504. The van der Waals surface area contributed by atoms with Crippen molar-refractivity contribution in [2.24, 2.45) is 5.92 Å². The van der Waals surface area contributed by atoms with E-state index >= 15 is 0 Å². The van der Waals surface area contributed by atoms with Gasteiger partial charge in [0.1, 0.15) is 0 Å². The Morgan fingerprint density at radius 2 is 1.75 bits per heavy atom. The van der Waals surface area contributed by atoms with Crippen molar-refractivity contribution < 1.29 is 17.4 Å². The summed E-state index contributed by atoms with van der Waals surface area (Å²) in [4.78, 5) is 0. The Morgan fingerprint density at radius 3 is 2.00 bits per heavy atom. The third kappa shape index (κ3) is 2.72. The van der Waals surface area contributed by atoms with E-state index in [-0.39, 0.29) is 17.4 Å². The van der Waals surface area contributed by atoms with Crippen LogP contribution in [0.15, 0.2) is 0 Å². The summed E-state index contributed by atoms with van der Waals surface area (Å²) in [6.07, 6.45) is 2.53. The maximum atomic E-state index is 3.96. The van der Waals surface area contributed by atoms with Gasteiger partial charge in [-0.15, -0.1) is 0 Å². The Bertz CT molecular complexity index is 50.5. The SMILES string of the molecule is [CH2-]C1CCNCC1.[Cr]. The minimum atomic E-state index is 0. The molecule has 0 unspecified atom stereocenters. The van der Waals surface area contributed by atoms with E-state index in [9.17, 15) is 0 Å². The number of nitrogens with one attached hydrogen (secondary N) is 1. The summed E-state index contributed by atoms with van der Waals surface area (Å²) in [5.41, 5.74) is 0. The molecule has 1 aliphatic heterocycles. The van der Waals surface area contributed by atoms with Crippen molar-refractivity contribution in [2.45, 2.75) is 12.8 Å². The van der Waals surface area contributed by atoms with Crippen LogP contribution in [0.5, 0.6) is 0 Å². The molecule has 1 rings (SSSR count). The fourth-order valence-electron chi connectivity index (χ4n) is 0.882. The molecule has 2 heteroatoms. The van der Waals surface area contributed by atoms with E-state index in [4.69, 9.17) is 0 Å². The van der Waals surface area contributed by atoms with Crippen LogP contribution in [0.4, 0.5) is 0 Å². The Balaban J connectivity index is 0.000000490. The first-order valence-corrected chi connectivity index (χ1v) is 2.93. The molecule has 0 atom stereocenters. The number of hydrogen-bond donors (Lipinski definition) is 1. The molecule has 0 radical (unpaired) electrons. The minimum absolute atomic E-state index is 0. The summed E-state index contributed by atoms with van der Waals surface area (Å²) in [6.45, 7) is 6.31. The van der Waals surface area contributed by atoms with Gasteiger partial charge in [-0.25, -0.2) is 0 Å². The van der Waals surface area contributed by atoms with Crippen molar-refractivity contribution in [3.05, 3.63) is 6.92 Å². The molecule has 0 aromatic heterocycles. The Labute approximate surface area is 62.0 Å². The largest absolute Gasteiger partial charge is 0.340 e. The van der Waals surface area contributed by atoms with Gasteiger partial charge in [-0.1, -0.05) is 12.8 Å². The van der Waals surface area contributed by atoms with E-state index in [2.05, 4.69) is 12.2 Å². The first-order chi connectivity index (χ1) is 3.39. The fraction of sp³-hybridized carbons (Fsp3) is 0.833. The second-order valence-electron chi connectivity index (χ2n) is 2.19. The molecule has 0 bridgehead atoms. The summed E-state index contributed by atoms with van der Waals surface area (Å²) >= 11 is 0. The summed E-state index contributed by atoms with van der Waals surface area (Å²) < 4.78 is 0. The molecule has 0 spiro atoms. The average Bonchev–Trinajstić information content (AvgIpc) is 1.69. The van der Waals surface area contributed by atoms with Crippen LogP contribution in [0.3, 0.4) is 0 Å². The van der Waals surface area contributed by atoms with Gasteiger partial charge in [0.15, 0.2) is 0 Å². The van der Waals surface area contributed by atoms with Crippen molar-refractivity contribution in [3.8, 4) is 0 Å². The molecule has 8 heavy (non-hydrogen) atoms. The van der Waals surface area contributed by atoms with Gasteiger partial charge in [0.05, 0.1) is 0 Å². The van der Waals surface area contributed by atoms with E-state index < -0.39 is 0 Å². The molecule has 1 nitrogen and oxygen atoms in total. The molecule has 1 heterocycles. The van der Waals surface area contributed by atoms with Gasteiger partial charge in [-0.05, 0) is 13.1 Å². The van der Waals surface area contributed by atoms with Crippen molar-refractivity contribution >= 4 is 0 Å². The summed E-state index contributed by atoms with van der Waals surface area (Å²) in [7, 11) is 0. The van der Waals surface area contributed by atoms with Gasteiger partial charge in [-0.2, -0.15) is 5.92 Å². The van der Waals surface area contributed by atoms with Gasteiger partial charge in [0, 0.05) is 17.4 Å². The summed E-state index contributed by atoms with van der Waals surface area (Å²) in [5.74, 6) is 0.723. The van der Waals surface area contributed by atoms with Gasteiger partial charge in [0.2, 0.25) is 0 Å². The van der Waals surface area contributed by atoms with Crippen LogP contribution < -0.4 is 5.32 Å². The van der Waals surface area contributed by atoms with Gasteiger partial charge in [0.25, 0.3) is 0 Å². The molecule has 1 fully saturated rings. The van der Waals surface area contributed by atoms with Crippen LogP contribution in [0.25, 0.3) is 0 Å². The molecule has 0 amide bonds. The van der Waals surface area contributed by atoms with E-state index in [1.165, 1.54) is 25.9 Å². The zero-order valence-electron chi connectivity index (χ0n) is 5.02. The van der Waals surface area contributed by atoms with E-state index in [1.54, 1.807) is 0 Å². The smallest absolute Gasteiger partial charge is 0 e. The third-order valence-corrected chi connectivity index (χ3v) is 1.46. The maximum absolute atomic E-state index is 3.96. The zero-order chi connectivity index (χ0) is 5.11. The van der Waals surface area contributed by atoms with Crippen LogP contribution in [-0.2, 0) is 17.4 Å². The van der Waals surface area contributed by atoms with Gasteiger partial charge >= 0.3 is 0 Å². The van der Waals surface area contributed by atoms with E-state index in [0.717, 1.165) is 5.92 Å². The first-order valence-electron chi connectivity index (χ1n) is 2.93. The van der Waals surface area contributed by atoms with Crippen LogP contribution >= 0.6 is 0 Å². The molecule has 0 aliphatic carbocycles. The number of piperidine rings is 1. The predicted molar refractivity (Wildman–Crippen MR) is 31.0 cm³/mol. The molecule has 0 aromatic carbocycles. The Hall–Kier alpha value is 0.492.